The molecule has 0 heterocycles. The molecule has 0 radical (unpaired) electrons. The summed E-state index contributed by atoms with van der Waals surface area (Å²) < 4.78 is 17.8. The molecule has 0 aliphatic carbocycles. The van der Waals surface area contributed by atoms with Crippen molar-refractivity contribution in [3.8, 4) is 0 Å². The van der Waals surface area contributed by atoms with E-state index in [1.165, 1.54) is 0 Å². The van der Waals surface area contributed by atoms with E-state index >= 15 is 0 Å². The third kappa shape index (κ3) is 63.4. The second-order valence-electron chi connectivity index (χ2n) is 9.11. The van der Waals surface area contributed by atoms with Crippen LogP contribution in [-0.4, -0.2) is 29.4 Å². The number of phosphoric acid groups is 2. The summed E-state index contributed by atoms with van der Waals surface area (Å²) in [6.07, 6.45) is 0. The fraction of sp³-hybridized carbons (Fsp3) is 0. The van der Waals surface area contributed by atoms with Crippen molar-refractivity contribution in [3.05, 3.63) is 255 Å². The highest BCUT2D eigenvalue weighted by molar-refractivity contribution is 7.45. The molecule has 0 unspecified atom stereocenters. The van der Waals surface area contributed by atoms with E-state index in [0.29, 0.717) is 0 Å². The first-order chi connectivity index (χ1) is 25.0. The smallest absolute Gasteiger partial charge is 0.303 e. The minimum absolute atomic E-state index is 2.00. The second kappa shape index (κ2) is 38.6. The second-order valence-corrected chi connectivity index (χ2v) is 11.2. The van der Waals surface area contributed by atoms with Crippen molar-refractivity contribution >= 4 is 15.6 Å². The van der Waals surface area contributed by atoms with Crippen LogP contribution in [0.1, 0.15) is 0 Å². The van der Waals surface area contributed by atoms with Crippen molar-refractivity contribution in [2.45, 2.75) is 0 Å². The van der Waals surface area contributed by atoms with Crippen molar-refractivity contribution in [3.63, 3.8) is 0 Å². The van der Waals surface area contributed by atoms with Gasteiger partial charge in [0.05, 0.1) is 0 Å². The average Bonchev–Trinajstić information content (AvgIpc) is 3.20. The van der Waals surface area contributed by atoms with Crippen LogP contribution in [0.5, 0.6) is 0 Å². The van der Waals surface area contributed by atoms with E-state index in [0.717, 1.165) is 0 Å². The van der Waals surface area contributed by atoms with Crippen molar-refractivity contribution in [2.75, 3.05) is 0 Å². The summed E-state index contributed by atoms with van der Waals surface area (Å²) in [4.78, 5) is 43.1. The van der Waals surface area contributed by atoms with Crippen LogP contribution in [0.2, 0.25) is 0 Å². The van der Waals surface area contributed by atoms with Gasteiger partial charge in [0.2, 0.25) is 0 Å². The highest BCUT2D eigenvalue weighted by atomic mass is 31.2. The quantitative estimate of drug-likeness (QED) is 0.0839. The minimum atomic E-state index is -4.64. The Balaban J connectivity index is 0. The van der Waals surface area contributed by atoms with Gasteiger partial charge in [-0.2, -0.15) is 0 Å². The molecule has 0 aliphatic heterocycles. The molecule has 52 heavy (non-hydrogen) atoms. The summed E-state index contributed by atoms with van der Waals surface area (Å²) in [6.45, 7) is 0. The van der Waals surface area contributed by atoms with Crippen LogP contribution in [0.25, 0.3) is 0 Å². The normalized spacial score (nSPS) is 8.73. The maximum Gasteiger partial charge on any atom is 0.466 e. The van der Waals surface area contributed by atoms with Crippen LogP contribution in [0.4, 0.5) is 0 Å². The van der Waals surface area contributed by atoms with Crippen LogP contribution in [0.3, 0.4) is 0 Å². The maximum atomic E-state index is 8.88. The largest absolute Gasteiger partial charge is 0.466 e. The summed E-state index contributed by atoms with van der Waals surface area (Å²) >= 11 is 0. The molecule has 0 saturated carbocycles. The van der Waals surface area contributed by atoms with Gasteiger partial charge in [0.1, 0.15) is 0 Å². The van der Waals surface area contributed by atoms with Crippen molar-refractivity contribution in [1.29, 1.82) is 0 Å². The Hall–Kier alpha value is -5.24. The lowest BCUT2D eigenvalue weighted by molar-refractivity contribution is 0.272. The predicted molar refractivity (Wildman–Crippen MR) is 214 cm³/mol. The molecule has 7 aromatic rings. The van der Waals surface area contributed by atoms with Gasteiger partial charge in [0.25, 0.3) is 0 Å². The van der Waals surface area contributed by atoms with Gasteiger partial charge >= 0.3 is 15.6 Å². The van der Waals surface area contributed by atoms with Gasteiger partial charge in [-0.25, -0.2) is 9.13 Å². The molecule has 7 rings (SSSR count). The van der Waals surface area contributed by atoms with Gasteiger partial charge in [0.15, 0.2) is 0 Å². The fourth-order valence-corrected chi connectivity index (χ4v) is 2.69. The van der Waals surface area contributed by atoms with Gasteiger partial charge in [-0.1, -0.05) is 255 Å². The molecule has 10 heteroatoms. The van der Waals surface area contributed by atoms with Crippen LogP contribution in [-0.2, 0) is 9.13 Å². The molecule has 7 aromatic carbocycles. The zero-order chi connectivity index (χ0) is 38.7. The molecular weight excluding hydrogens is 694 g/mol. The van der Waals surface area contributed by atoms with Crippen molar-refractivity contribution in [2.24, 2.45) is 0 Å². The van der Waals surface area contributed by atoms with E-state index in [1.54, 1.807) is 0 Å². The van der Waals surface area contributed by atoms with Gasteiger partial charge in [-0.3, -0.25) is 0 Å². The van der Waals surface area contributed by atoms with E-state index in [1.807, 2.05) is 255 Å². The summed E-state index contributed by atoms with van der Waals surface area (Å²) in [6, 6.07) is 84.0. The minimum Gasteiger partial charge on any atom is -0.303 e. The summed E-state index contributed by atoms with van der Waals surface area (Å²) in [5, 5.41) is 0. The lowest BCUT2D eigenvalue weighted by Crippen LogP contribution is -1.66. The lowest BCUT2D eigenvalue weighted by atomic mass is 10.4. The Labute approximate surface area is 308 Å². The predicted octanol–water partition coefficient (Wildman–Crippen LogP) is 9.95. The molecule has 6 N–H and O–H groups in total. The third-order valence-electron chi connectivity index (χ3n) is 4.67. The monoisotopic (exact) mass is 742 g/mol. The number of rotatable bonds is 0. The maximum absolute atomic E-state index is 8.88. The Kier molecular flexibility index (Phi) is 36.2. The Morgan fingerprint density at radius 2 is 0.173 bits per heavy atom. The first-order valence-electron chi connectivity index (χ1n) is 15.6. The van der Waals surface area contributed by atoms with E-state index in [-0.39, 0.29) is 0 Å². The Morgan fingerprint density at radius 1 is 0.154 bits per heavy atom. The number of hydrogen-bond donors (Lipinski definition) is 6. The lowest BCUT2D eigenvalue weighted by Gasteiger charge is -1.82. The summed E-state index contributed by atoms with van der Waals surface area (Å²) in [5.74, 6) is 0. The Morgan fingerprint density at radius 3 is 0.192 bits per heavy atom. The van der Waals surface area contributed by atoms with Gasteiger partial charge in [0, 0.05) is 0 Å². The number of hydrogen-bond acceptors (Lipinski definition) is 2. The summed E-state index contributed by atoms with van der Waals surface area (Å²) in [7, 11) is -9.28. The van der Waals surface area contributed by atoms with Crippen LogP contribution in [0.15, 0.2) is 255 Å². The third-order valence-corrected chi connectivity index (χ3v) is 4.67. The van der Waals surface area contributed by atoms with Crippen molar-refractivity contribution in [1.82, 2.24) is 0 Å². The molecule has 0 spiro atoms. The fourth-order valence-electron chi connectivity index (χ4n) is 2.69. The van der Waals surface area contributed by atoms with E-state index in [2.05, 4.69) is 0 Å². The molecule has 0 fully saturated rings. The first kappa shape index (κ1) is 48.9. The van der Waals surface area contributed by atoms with Gasteiger partial charge in [-0.05, 0) is 0 Å². The van der Waals surface area contributed by atoms with E-state index in [4.69, 9.17) is 38.5 Å². The standard InChI is InChI=1S/7C6H6.2H3O4P/c7*1-2-4-6-5-3-1;2*1-5(2,3)4/h7*1-6H;2*(H3,1,2,3,4). The molecule has 0 aliphatic rings. The van der Waals surface area contributed by atoms with Crippen molar-refractivity contribution < 1.29 is 38.5 Å². The Bertz CT molecular complexity index is 1130. The molecule has 8 nitrogen and oxygen atoms in total. The first-order valence-corrected chi connectivity index (χ1v) is 18.7. The molecular formula is C42H48O8P2. The van der Waals surface area contributed by atoms with Crippen LogP contribution in [0, 0.1) is 0 Å². The molecule has 0 atom stereocenters. The molecule has 0 amide bonds. The molecule has 0 bridgehead atoms. The summed E-state index contributed by atoms with van der Waals surface area (Å²) in [5.41, 5.74) is 0. The molecule has 274 valence electrons. The zero-order valence-corrected chi connectivity index (χ0v) is 30.4. The van der Waals surface area contributed by atoms with E-state index < -0.39 is 15.6 Å². The molecule has 0 saturated heterocycles. The SMILES string of the molecule is O=P(O)(O)O.O=P(O)(O)O.c1ccccc1.c1ccccc1.c1ccccc1.c1ccccc1.c1ccccc1.c1ccccc1.c1ccccc1. The van der Waals surface area contributed by atoms with Crippen LogP contribution >= 0.6 is 15.6 Å². The zero-order valence-electron chi connectivity index (χ0n) is 28.6. The molecule has 0 aromatic heterocycles. The van der Waals surface area contributed by atoms with Crippen LogP contribution < -0.4 is 0 Å². The van der Waals surface area contributed by atoms with Gasteiger partial charge in [-0.15, -0.1) is 0 Å². The highest BCUT2D eigenvalue weighted by Gasteiger charge is 2.00. The average molecular weight is 743 g/mol. The number of benzene rings is 7. The van der Waals surface area contributed by atoms with E-state index in [9.17, 15) is 0 Å². The highest BCUT2D eigenvalue weighted by Crippen LogP contribution is 2.26. The van der Waals surface area contributed by atoms with Gasteiger partial charge < -0.3 is 29.4 Å². The topological polar surface area (TPSA) is 156 Å².